The fourth-order valence-electron chi connectivity index (χ4n) is 4.90. The molecule has 0 atom stereocenters. The van der Waals surface area contributed by atoms with Gasteiger partial charge < -0.3 is 20.1 Å². The zero-order chi connectivity index (χ0) is 26.6. The number of fused-ring (bicyclic) bond motifs is 2. The first-order valence-corrected chi connectivity index (χ1v) is 13.2. The second-order valence-electron chi connectivity index (χ2n) is 9.79. The van der Waals surface area contributed by atoms with Gasteiger partial charge in [0, 0.05) is 43.0 Å². The van der Waals surface area contributed by atoms with E-state index in [1.165, 1.54) is 0 Å². The molecule has 0 unspecified atom stereocenters. The van der Waals surface area contributed by atoms with Crippen LogP contribution in [-0.2, 0) is 0 Å². The lowest BCUT2D eigenvalue weighted by molar-refractivity contribution is 0.313. The molecule has 0 aliphatic carbocycles. The molecule has 8 nitrogen and oxygen atoms in total. The van der Waals surface area contributed by atoms with Gasteiger partial charge in [0.05, 0.1) is 29.1 Å². The van der Waals surface area contributed by atoms with E-state index in [-0.39, 0.29) is 0 Å². The zero-order valence-electron chi connectivity index (χ0n) is 22.5. The van der Waals surface area contributed by atoms with Crippen LogP contribution in [0.1, 0.15) is 32.3 Å². The van der Waals surface area contributed by atoms with E-state index in [4.69, 9.17) is 4.98 Å². The second kappa shape index (κ2) is 11.1. The molecule has 1 aromatic carbocycles. The van der Waals surface area contributed by atoms with Crippen LogP contribution in [0.15, 0.2) is 73.4 Å². The minimum Gasteiger partial charge on any atom is -0.366 e. The van der Waals surface area contributed by atoms with Gasteiger partial charge in [-0.3, -0.25) is 10.1 Å². The van der Waals surface area contributed by atoms with Gasteiger partial charge in [0.25, 0.3) is 0 Å². The minimum atomic E-state index is 0.730. The van der Waals surface area contributed by atoms with Crippen molar-refractivity contribution in [1.82, 2.24) is 35.4 Å². The Labute approximate surface area is 223 Å². The highest BCUT2D eigenvalue weighted by Crippen LogP contribution is 2.32. The maximum absolute atomic E-state index is 5.01. The van der Waals surface area contributed by atoms with Crippen LogP contribution in [0.25, 0.3) is 39.0 Å². The lowest BCUT2D eigenvalue weighted by Gasteiger charge is -2.33. The molecular formula is C30H36N8. The third kappa shape index (κ3) is 5.13. The van der Waals surface area contributed by atoms with Gasteiger partial charge in [0.15, 0.2) is 5.82 Å². The summed E-state index contributed by atoms with van der Waals surface area (Å²) in [4.78, 5) is 17.7. The lowest BCUT2D eigenvalue weighted by Crippen LogP contribution is -2.44. The Bertz CT molecular complexity index is 1530. The van der Waals surface area contributed by atoms with Crippen LogP contribution in [-0.4, -0.2) is 63.3 Å². The van der Waals surface area contributed by atoms with Gasteiger partial charge in [0.1, 0.15) is 11.2 Å². The molecule has 3 aromatic heterocycles. The van der Waals surface area contributed by atoms with Gasteiger partial charge in [0.2, 0.25) is 0 Å². The van der Waals surface area contributed by atoms with E-state index in [1.807, 2.05) is 25.4 Å². The molecule has 1 saturated heterocycles. The maximum Gasteiger partial charge on any atom is 0.159 e. The van der Waals surface area contributed by atoms with Gasteiger partial charge >= 0.3 is 0 Å². The highest BCUT2D eigenvalue weighted by molar-refractivity contribution is 5.97. The summed E-state index contributed by atoms with van der Waals surface area (Å²) < 4.78 is 0. The molecule has 1 fully saturated rings. The largest absolute Gasteiger partial charge is 0.366 e. The van der Waals surface area contributed by atoms with E-state index in [1.54, 1.807) is 0 Å². The van der Waals surface area contributed by atoms with E-state index >= 15 is 0 Å². The molecule has 0 spiro atoms. The SMILES string of the molecule is C=C/C(=C\C(=C/C)c1ccc2[nH]nc(-c3nc4c(N5CCN(C)CC5)cncc4[nH]3)c2c1)NC(=C)CCC. The molecule has 8 heteroatoms. The van der Waals surface area contributed by atoms with Crippen LogP contribution < -0.4 is 10.2 Å². The van der Waals surface area contributed by atoms with Crippen molar-refractivity contribution in [1.29, 1.82) is 0 Å². The molecule has 0 amide bonds. The quantitative estimate of drug-likeness (QED) is 0.254. The Kier molecular flexibility index (Phi) is 7.42. The van der Waals surface area contributed by atoms with Crippen molar-refractivity contribution in [3.8, 4) is 11.5 Å². The number of benzene rings is 1. The predicted octanol–water partition coefficient (Wildman–Crippen LogP) is 5.63. The zero-order valence-corrected chi connectivity index (χ0v) is 22.5. The molecular weight excluding hydrogens is 472 g/mol. The highest BCUT2D eigenvalue weighted by atomic mass is 15.3. The van der Waals surface area contributed by atoms with E-state index in [2.05, 4.69) is 92.8 Å². The fourth-order valence-corrected chi connectivity index (χ4v) is 4.90. The Morgan fingerprint density at radius 2 is 1.97 bits per heavy atom. The molecule has 0 radical (unpaired) electrons. The van der Waals surface area contributed by atoms with E-state index < -0.39 is 0 Å². The molecule has 3 N–H and O–H groups in total. The number of allylic oxidation sites excluding steroid dienone is 5. The van der Waals surface area contributed by atoms with Crippen LogP contribution in [0.5, 0.6) is 0 Å². The van der Waals surface area contributed by atoms with Crippen molar-refractivity contribution in [3.05, 3.63) is 78.9 Å². The molecule has 38 heavy (non-hydrogen) atoms. The van der Waals surface area contributed by atoms with Crippen molar-refractivity contribution in [2.24, 2.45) is 0 Å². The topological polar surface area (TPSA) is 88.8 Å². The number of nitrogens with zero attached hydrogens (tertiary/aromatic N) is 5. The molecule has 0 bridgehead atoms. The lowest BCUT2D eigenvalue weighted by atomic mass is 10.0. The monoisotopic (exact) mass is 508 g/mol. The third-order valence-electron chi connectivity index (χ3n) is 7.05. The van der Waals surface area contributed by atoms with Crippen molar-refractivity contribution >= 4 is 33.2 Å². The van der Waals surface area contributed by atoms with Crippen LogP contribution in [0, 0.1) is 0 Å². The first-order valence-electron chi connectivity index (χ1n) is 13.2. The number of aromatic amines is 2. The van der Waals surface area contributed by atoms with Gasteiger partial charge in [-0.15, -0.1) is 0 Å². The average molecular weight is 509 g/mol. The van der Waals surface area contributed by atoms with Gasteiger partial charge in [-0.1, -0.05) is 38.6 Å². The number of imidazole rings is 1. The van der Waals surface area contributed by atoms with Crippen LogP contribution >= 0.6 is 0 Å². The highest BCUT2D eigenvalue weighted by Gasteiger charge is 2.20. The smallest absolute Gasteiger partial charge is 0.159 e. The number of piperazine rings is 1. The average Bonchev–Trinajstić information content (AvgIpc) is 3.55. The molecule has 196 valence electrons. The minimum absolute atomic E-state index is 0.730. The summed E-state index contributed by atoms with van der Waals surface area (Å²) in [5, 5.41) is 12.2. The molecule has 5 rings (SSSR count). The molecule has 4 aromatic rings. The number of H-pyrrole nitrogens is 2. The van der Waals surface area contributed by atoms with Crippen molar-refractivity contribution < 1.29 is 0 Å². The summed E-state index contributed by atoms with van der Waals surface area (Å²) in [6, 6.07) is 6.33. The first kappa shape index (κ1) is 25.5. The number of aromatic nitrogens is 5. The van der Waals surface area contributed by atoms with Crippen molar-refractivity contribution in [2.45, 2.75) is 26.7 Å². The number of anilines is 1. The Morgan fingerprint density at radius 1 is 1.16 bits per heavy atom. The number of pyridine rings is 1. The summed E-state index contributed by atoms with van der Waals surface area (Å²) in [7, 11) is 2.16. The summed E-state index contributed by atoms with van der Waals surface area (Å²) >= 11 is 0. The predicted molar refractivity (Wildman–Crippen MR) is 158 cm³/mol. The molecule has 4 heterocycles. The van der Waals surface area contributed by atoms with E-state index in [0.29, 0.717) is 0 Å². The van der Waals surface area contributed by atoms with Crippen LogP contribution in [0.2, 0.25) is 0 Å². The Hall–Kier alpha value is -4.17. The van der Waals surface area contributed by atoms with Crippen LogP contribution in [0.3, 0.4) is 0 Å². The summed E-state index contributed by atoms with van der Waals surface area (Å²) in [6.45, 7) is 16.3. The molecule has 1 aliphatic heterocycles. The number of likely N-dealkylation sites (N-methyl/N-ethyl adjacent to an activating group) is 1. The summed E-state index contributed by atoms with van der Waals surface area (Å²) in [6.07, 6.45) is 11.8. The maximum atomic E-state index is 5.01. The number of hydrogen-bond acceptors (Lipinski definition) is 6. The molecule has 1 aliphatic rings. The fraction of sp³-hybridized carbons (Fsp3) is 0.300. The Morgan fingerprint density at radius 3 is 2.71 bits per heavy atom. The normalized spacial score (nSPS) is 15.4. The molecule has 0 saturated carbocycles. The van der Waals surface area contributed by atoms with Gasteiger partial charge in [-0.25, -0.2) is 4.98 Å². The van der Waals surface area contributed by atoms with Gasteiger partial charge in [-0.05, 0) is 55.8 Å². The third-order valence-corrected chi connectivity index (χ3v) is 7.05. The van der Waals surface area contributed by atoms with Crippen molar-refractivity contribution in [3.63, 3.8) is 0 Å². The number of hydrogen-bond donors (Lipinski definition) is 3. The standard InChI is InChI=1S/C30H36N8/c1-6-9-20(4)32-23(8-3)16-21(7-2)22-10-11-25-24(17-22)28(36-35-25)30-33-26-18-31-19-27(29(26)34-30)38-14-12-37(5)13-15-38/h7-8,10-11,16-19,32H,3-4,6,9,12-15H2,1-2,5H3,(H,33,34)(H,35,36)/b21-7+,23-16+. The first-order chi connectivity index (χ1) is 18.5. The number of rotatable bonds is 9. The van der Waals surface area contributed by atoms with E-state index in [9.17, 15) is 0 Å². The van der Waals surface area contributed by atoms with Crippen LogP contribution in [0.4, 0.5) is 5.69 Å². The van der Waals surface area contributed by atoms with Crippen molar-refractivity contribution in [2.75, 3.05) is 38.1 Å². The van der Waals surface area contributed by atoms with E-state index in [0.717, 1.165) is 101 Å². The number of nitrogens with one attached hydrogen (secondary N) is 3. The Balaban J connectivity index is 1.50. The summed E-state index contributed by atoms with van der Waals surface area (Å²) in [5.41, 5.74) is 8.72. The summed E-state index contributed by atoms with van der Waals surface area (Å²) in [5.74, 6) is 0.730. The second-order valence-corrected chi connectivity index (χ2v) is 9.79. The van der Waals surface area contributed by atoms with Gasteiger partial charge in [-0.2, -0.15) is 5.10 Å².